The summed E-state index contributed by atoms with van der Waals surface area (Å²) in [6.07, 6.45) is -32.4. The minimum absolute atomic E-state index is 2.22. The van der Waals surface area contributed by atoms with E-state index in [1.165, 1.54) is 0 Å². The fourth-order valence-corrected chi connectivity index (χ4v) is 0.609. The second kappa shape index (κ2) is 5.05. The molecule has 0 fully saturated rings. The summed E-state index contributed by atoms with van der Waals surface area (Å²) in [4.78, 5) is 0. The standard InChI is InChI=1S/C6H3F11O/c7-1(4(10,11)12)2(8)18-6(16,17)3(9)5(13,14)15/h1-3H/t1-,2+,3+/m0/s1. The third-order valence-corrected chi connectivity index (χ3v) is 1.39. The quantitative estimate of drug-likeness (QED) is 0.719. The van der Waals surface area contributed by atoms with E-state index in [4.69, 9.17) is 0 Å². The van der Waals surface area contributed by atoms with Gasteiger partial charge in [-0.05, 0) is 0 Å². The molecule has 0 aromatic rings. The molecule has 0 aromatic carbocycles. The lowest BCUT2D eigenvalue weighted by Crippen LogP contribution is -2.48. The molecule has 0 heterocycles. The molecule has 110 valence electrons. The molecular weight excluding hydrogens is 297 g/mol. The van der Waals surface area contributed by atoms with E-state index < -0.39 is 37.2 Å². The first-order valence-electron chi connectivity index (χ1n) is 3.81. The number of hydrogen-bond acceptors (Lipinski definition) is 1. The van der Waals surface area contributed by atoms with Crippen LogP contribution in [0.1, 0.15) is 0 Å². The summed E-state index contributed by atoms with van der Waals surface area (Å²) in [5, 5.41) is 0. The second-order valence-electron chi connectivity index (χ2n) is 2.88. The van der Waals surface area contributed by atoms with Crippen LogP contribution < -0.4 is 0 Å². The number of alkyl halides is 11. The van der Waals surface area contributed by atoms with Crippen LogP contribution >= 0.6 is 0 Å². The van der Waals surface area contributed by atoms with Crippen LogP contribution in [0.15, 0.2) is 0 Å². The molecule has 0 amide bonds. The summed E-state index contributed by atoms with van der Waals surface area (Å²) in [6, 6.07) is 0. The number of ether oxygens (including phenoxy) is 1. The predicted molar refractivity (Wildman–Crippen MR) is 32.8 cm³/mol. The van der Waals surface area contributed by atoms with Crippen molar-refractivity contribution in [2.75, 3.05) is 0 Å². The van der Waals surface area contributed by atoms with E-state index in [0.29, 0.717) is 0 Å². The van der Waals surface area contributed by atoms with E-state index in [0.717, 1.165) is 0 Å². The molecule has 1 nitrogen and oxygen atoms in total. The number of rotatable bonds is 4. The summed E-state index contributed by atoms with van der Waals surface area (Å²) in [7, 11) is 0. The fourth-order valence-electron chi connectivity index (χ4n) is 0.609. The van der Waals surface area contributed by atoms with Crippen LogP contribution in [0, 0.1) is 0 Å². The Hall–Kier alpha value is -0.810. The predicted octanol–water partition coefficient (Wildman–Crippen LogP) is 3.69. The Morgan fingerprint density at radius 1 is 0.667 bits per heavy atom. The topological polar surface area (TPSA) is 9.23 Å². The molecule has 3 atom stereocenters. The Labute approximate surface area is 91.5 Å². The third-order valence-electron chi connectivity index (χ3n) is 1.39. The molecule has 0 saturated heterocycles. The Morgan fingerprint density at radius 3 is 1.33 bits per heavy atom. The minimum Gasteiger partial charge on any atom is -0.279 e. The van der Waals surface area contributed by atoms with Gasteiger partial charge in [-0.25, -0.2) is 13.2 Å². The van der Waals surface area contributed by atoms with Gasteiger partial charge in [0.1, 0.15) is 0 Å². The molecule has 0 aliphatic heterocycles. The summed E-state index contributed by atoms with van der Waals surface area (Å²) in [6.45, 7) is 0. The molecular formula is C6H3F11O. The maximum atomic E-state index is 12.2. The van der Waals surface area contributed by atoms with Gasteiger partial charge in [0.05, 0.1) is 0 Å². The number of hydrogen-bond donors (Lipinski definition) is 0. The van der Waals surface area contributed by atoms with Crippen LogP contribution in [-0.2, 0) is 4.74 Å². The highest BCUT2D eigenvalue weighted by atomic mass is 19.4. The largest absolute Gasteiger partial charge is 0.428 e. The molecule has 0 bridgehead atoms. The van der Waals surface area contributed by atoms with Gasteiger partial charge in [0.15, 0.2) is 0 Å². The van der Waals surface area contributed by atoms with Crippen molar-refractivity contribution in [3.63, 3.8) is 0 Å². The molecule has 0 saturated carbocycles. The van der Waals surface area contributed by atoms with Gasteiger partial charge in [0.2, 0.25) is 6.36 Å². The highest BCUT2D eigenvalue weighted by molar-refractivity contribution is 4.78. The van der Waals surface area contributed by atoms with Crippen molar-refractivity contribution in [2.24, 2.45) is 0 Å². The van der Waals surface area contributed by atoms with Gasteiger partial charge in [0, 0.05) is 0 Å². The van der Waals surface area contributed by atoms with Crippen molar-refractivity contribution in [2.45, 2.75) is 37.2 Å². The van der Waals surface area contributed by atoms with Gasteiger partial charge < -0.3 is 0 Å². The SMILES string of the molecule is F[C@H](OC(F)(F)[C@H](F)C(F)(F)F)[C@H](F)C(F)(F)F. The van der Waals surface area contributed by atoms with Crippen molar-refractivity contribution in [3.05, 3.63) is 0 Å². The second-order valence-corrected chi connectivity index (χ2v) is 2.88. The first-order chi connectivity index (χ1) is 7.69. The molecule has 0 radical (unpaired) electrons. The maximum Gasteiger partial charge on any atom is 0.428 e. The van der Waals surface area contributed by atoms with Gasteiger partial charge in [-0.3, -0.25) is 4.74 Å². The lowest BCUT2D eigenvalue weighted by atomic mass is 10.3. The monoisotopic (exact) mass is 300 g/mol. The van der Waals surface area contributed by atoms with Crippen molar-refractivity contribution >= 4 is 0 Å². The van der Waals surface area contributed by atoms with Gasteiger partial charge in [-0.2, -0.15) is 35.1 Å². The zero-order valence-electron chi connectivity index (χ0n) is 7.80. The molecule has 0 aliphatic carbocycles. The normalized spacial score (nSPS) is 19.5. The smallest absolute Gasteiger partial charge is 0.279 e. The van der Waals surface area contributed by atoms with Gasteiger partial charge in [0.25, 0.3) is 12.3 Å². The first kappa shape index (κ1) is 17.2. The average Bonchev–Trinajstić information content (AvgIpc) is 2.11. The van der Waals surface area contributed by atoms with Crippen molar-refractivity contribution in [1.82, 2.24) is 0 Å². The highest BCUT2D eigenvalue weighted by Crippen LogP contribution is 2.38. The molecule has 0 aromatic heterocycles. The highest BCUT2D eigenvalue weighted by Gasteiger charge is 2.61. The first-order valence-corrected chi connectivity index (χ1v) is 3.81. The molecule has 0 N–H and O–H groups in total. The van der Waals surface area contributed by atoms with E-state index in [9.17, 15) is 48.3 Å². The molecule has 0 rings (SSSR count). The fraction of sp³-hybridized carbons (Fsp3) is 1.00. The Morgan fingerprint density at radius 2 is 1.06 bits per heavy atom. The Kier molecular flexibility index (Phi) is 4.83. The molecule has 12 heteroatoms. The Balaban J connectivity index is 4.78. The number of halogens is 11. The minimum atomic E-state index is -6.22. The van der Waals surface area contributed by atoms with Gasteiger partial charge >= 0.3 is 18.5 Å². The zero-order chi connectivity index (χ0) is 14.9. The van der Waals surface area contributed by atoms with Crippen molar-refractivity contribution in [1.29, 1.82) is 0 Å². The van der Waals surface area contributed by atoms with Crippen molar-refractivity contribution in [3.8, 4) is 0 Å². The van der Waals surface area contributed by atoms with E-state index in [-0.39, 0.29) is 0 Å². The van der Waals surface area contributed by atoms with E-state index in [2.05, 4.69) is 4.74 Å². The summed E-state index contributed by atoms with van der Waals surface area (Å²) in [5.74, 6) is 0. The zero-order valence-corrected chi connectivity index (χ0v) is 7.80. The van der Waals surface area contributed by atoms with Crippen LogP contribution in [0.3, 0.4) is 0 Å². The van der Waals surface area contributed by atoms with Crippen LogP contribution in [0.2, 0.25) is 0 Å². The molecule has 0 spiro atoms. The van der Waals surface area contributed by atoms with Gasteiger partial charge in [-0.15, -0.1) is 0 Å². The van der Waals surface area contributed by atoms with E-state index in [1.54, 1.807) is 0 Å². The lowest BCUT2D eigenvalue weighted by Gasteiger charge is -2.25. The molecule has 0 unspecified atom stereocenters. The third kappa shape index (κ3) is 4.46. The van der Waals surface area contributed by atoms with Crippen LogP contribution in [-0.4, -0.2) is 37.2 Å². The van der Waals surface area contributed by atoms with Gasteiger partial charge in [-0.1, -0.05) is 0 Å². The van der Waals surface area contributed by atoms with Crippen LogP contribution in [0.25, 0.3) is 0 Å². The van der Waals surface area contributed by atoms with E-state index >= 15 is 0 Å². The lowest BCUT2D eigenvalue weighted by molar-refractivity contribution is -0.377. The molecule has 0 aliphatic rings. The van der Waals surface area contributed by atoms with E-state index in [1.807, 2.05) is 0 Å². The Bertz CT molecular complexity index is 268. The van der Waals surface area contributed by atoms with Crippen molar-refractivity contribution < 1.29 is 53.0 Å². The summed E-state index contributed by atoms with van der Waals surface area (Å²) >= 11 is 0. The molecule has 18 heavy (non-hydrogen) atoms. The summed E-state index contributed by atoms with van der Waals surface area (Å²) < 4.78 is 132. The van der Waals surface area contributed by atoms with Crippen LogP contribution in [0.5, 0.6) is 0 Å². The summed E-state index contributed by atoms with van der Waals surface area (Å²) in [5.41, 5.74) is 0. The average molecular weight is 300 g/mol. The van der Waals surface area contributed by atoms with Crippen LogP contribution in [0.4, 0.5) is 48.3 Å². The maximum absolute atomic E-state index is 12.2.